The fourth-order valence-electron chi connectivity index (χ4n) is 6.67. The highest BCUT2D eigenvalue weighted by molar-refractivity contribution is 6.02. The maximum absolute atomic E-state index is 13.4. The number of allylic oxidation sites excluding steroid dienone is 5. The SMILES string of the molecule is CCN(c1cccc2c1C/C=C/CCC1=C(CNC2=O)C(=O)CC(C)=C1)C1CC2(CC(N)C2)C1. The zero-order chi connectivity index (χ0) is 23.9. The summed E-state index contributed by atoms with van der Waals surface area (Å²) < 4.78 is 0. The molecular weight excluding hydrogens is 422 g/mol. The predicted molar refractivity (Wildman–Crippen MR) is 137 cm³/mol. The van der Waals surface area contributed by atoms with Gasteiger partial charge in [0.15, 0.2) is 5.78 Å². The van der Waals surface area contributed by atoms with E-state index in [9.17, 15) is 9.59 Å². The lowest BCUT2D eigenvalue weighted by Crippen LogP contribution is -2.60. The number of anilines is 1. The molecule has 0 bridgehead atoms. The minimum atomic E-state index is -0.0946. The molecule has 3 N–H and O–H groups in total. The van der Waals surface area contributed by atoms with Crippen LogP contribution >= 0.6 is 0 Å². The molecule has 0 atom stereocenters. The van der Waals surface area contributed by atoms with Crippen LogP contribution in [0.5, 0.6) is 0 Å². The second kappa shape index (κ2) is 9.18. The minimum Gasteiger partial charge on any atom is -0.369 e. The maximum Gasteiger partial charge on any atom is 0.251 e. The van der Waals surface area contributed by atoms with Crippen molar-refractivity contribution in [2.24, 2.45) is 11.1 Å². The van der Waals surface area contributed by atoms with Crippen molar-refractivity contribution in [1.29, 1.82) is 0 Å². The highest BCUT2D eigenvalue weighted by Crippen LogP contribution is 2.57. The highest BCUT2D eigenvalue weighted by Gasteiger charge is 2.53. The first-order chi connectivity index (χ1) is 16.4. The zero-order valence-electron chi connectivity index (χ0n) is 20.5. The van der Waals surface area contributed by atoms with Gasteiger partial charge in [-0.2, -0.15) is 0 Å². The van der Waals surface area contributed by atoms with Crippen molar-refractivity contribution in [2.75, 3.05) is 18.0 Å². The van der Waals surface area contributed by atoms with E-state index in [1.54, 1.807) is 0 Å². The summed E-state index contributed by atoms with van der Waals surface area (Å²) in [4.78, 5) is 28.6. The fraction of sp³-hybridized carbons (Fsp3) is 0.517. The first kappa shape index (κ1) is 23.1. The fourth-order valence-corrected chi connectivity index (χ4v) is 6.67. The molecule has 0 aromatic heterocycles. The van der Waals surface area contributed by atoms with E-state index in [1.165, 1.54) is 18.5 Å². The molecule has 1 heterocycles. The van der Waals surface area contributed by atoms with E-state index in [1.807, 2.05) is 19.1 Å². The summed E-state index contributed by atoms with van der Waals surface area (Å²) >= 11 is 0. The molecule has 0 radical (unpaired) electrons. The molecule has 5 nitrogen and oxygen atoms in total. The highest BCUT2D eigenvalue weighted by atomic mass is 16.2. The van der Waals surface area contributed by atoms with Crippen molar-refractivity contribution >= 4 is 17.4 Å². The molecule has 0 saturated heterocycles. The maximum atomic E-state index is 13.4. The Labute approximate surface area is 203 Å². The number of hydrogen-bond donors (Lipinski definition) is 2. The molecular formula is C29H37N3O2. The van der Waals surface area contributed by atoms with Gasteiger partial charge >= 0.3 is 0 Å². The van der Waals surface area contributed by atoms with Crippen molar-refractivity contribution in [2.45, 2.75) is 77.3 Å². The van der Waals surface area contributed by atoms with Crippen molar-refractivity contribution in [3.63, 3.8) is 0 Å². The van der Waals surface area contributed by atoms with Gasteiger partial charge in [-0.05, 0) is 87.5 Å². The number of rotatable bonds is 3. The normalized spacial score (nSPS) is 30.0. The Balaban J connectivity index is 1.42. The number of ketones is 1. The predicted octanol–water partition coefficient (Wildman–Crippen LogP) is 4.62. The summed E-state index contributed by atoms with van der Waals surface area (Å²) in [6, 6.07) is 7.00. The minimum absolute atomic E-state index is 0.0946. The average Bonchev–Trinajstić information content (AvgIpc) is 2.75. The van der Waals surface area contributed by atoms with E-state index in [0.717, 1.165) is 66.5 Å². The second-order valence-corrected chi connectivity index (χ2v) is 10.8. The Kier molecular flexibility index (Phi) is 6.24. The van der Waals surface area contributed by atoms with Crippen molar-refractivity contribution in [1.82, 2.24) is 5.32 Å². The topological polar surface area (TPSA) is 75.4 Å². The molecule has 2 fully saturated rings. The van der Waals surface area contributed by atoms with Gasteiger partial charge in [0.25, 0.3) is 5.91 Å². The molecule has 5 heteroatoms. The van der Waals surface area contributed by atoms with Gasteiger partial charge in [-0.1, -0.05) is 29.9 Å². The molecule has 5 rings (SSSR count). The first-order valence-corrected chi connectivity index (χ1v) is 12.9. The summed E-state index contributed by atoms with van der Waals surface area (Å²) in [7, 11) is 0. The summed E-state index contributed by atoms with van der Waals surface area (Å²) in [6.07, 6.45) is 14.2. The average molecular weight is 460 g/mol. The number of fused-ring (bicyclic) bond motifs is 1. The van der Waals surface area contributed by atoms with Gasteiger partial charge in [-0.3, -0.25) is 9.59 Å². The van der Waals surface area contributed by atoms with Crippen LogP contribution in [0.25, 0.3) is 0 Å². The number of nitrogens with one attached hydrogen (secondary N) is 1. The third-order valence-corrected chi connectivity index (χ3v) is 8.29. The summed E-state index contributed by atoms with van der Waals surface area (Å²) in [5, 5.41) is 3.08. The third kappa shape index (κ3) is 4.26. The van der Waals surface area contributed by atoms with Crippen LogP contribution in [-0.2, 0) is 11.2 Å². The van der Waals surface area contributed by atoms with Gasteiger partial charge in [0.2, 0.25) is 0 Å². The zero-order valence-corrected chi connectivity index (χ0v) is 20.5. The van der Waals surface area contributed by atoms with Gasteiger partial charge in [0.05, 0.1) is 0 Å². The van der Waals surface area contributed by atoms with E-state index in [2.05, 4.69) is 41.4 Å². The van der Waals surface area contributed by atoms with E-state index in [-0.39, 0.29) is 11.7 Å². The molecule has 1 amide bonds. The number of amides is 1. The molecule has 1 aromatic rings. The van der Waals surface area contributed by atoms with Crippen LogP contribution in [-0.4, -0.2) is 36.9 Å². The lowest BCUT2D eigenvalue weighted by molar-refractivity contribution is -0.115. The molecule has 0 unspecified atom stereocenters. The van der Waals surface area contributed by atoms with Crippen LogP contribution in [0, 0.1) is 5.41 Å². The Morgan fingerprint density at radius 1 is 1.15 bits per heavy atom. The smallest absolute Gasteiger partial charge is 0.251 e. The number of nitrogens with zero attached hydrogens (tertiary/aromatic N) is 1. The molecule has 1 aliphatic heterocycles. The second-order valence-electron chi connectivity index (χ2n) is 10.8. The van der Waals surface area contributed by atoms with Gasteiger partial charge in [-0.15, -0.1) is 0 Å². The van der Waals surface area contributed by atoms with Gasteiger partial charge in [-0.25, -0.2) is 0 Å². The lowest BCUT2D eigenvalue weighted by atomic mass is 9.52. The Morgan fingerprint density at radius 3 is 2.68 bits per heavy atom. The quantitative estimate of drug-likeness (QED) is 0.647. The van der Waals surface area contributed by atoms with Crippen molar-refractivity contribution in [3.8, 4) is 0 Å². The molecule has 180 valence electrons. The number of nitrogens with two attached hydrogens (primary N) is 1. The van der Waals surface area contributed by atoms with Gasteiger partial charge in [0, 0.05) is 48.4 Å². The van der Waals surface area contributed by atoms with Crippen LogP contribution in [0.3, 0.4) is 0 Å². The van der Waals surface area contributed by atoms with Crippen LogP contribution in [0.4, 0.5) is 5.69 Å². The largest absolute Gasteiger partial charge is 0.369 e. The van der Waals surface area contributed by atoms with Crippen LogP contribution < -0.4 is 16.0 Å². The van der Waals surface area contributed by atoms with Gasteiger partial charge < -0.3 is 16.0 Å². The summed E-state index contributed by atoms with van der Waals surface area (Å²) in [5.74, 6) is 0.0416. The van der Waals surface area contributed by atoms with Crippen LogP contribution in [0.2, 0.25) is 0 Å². The summed E-state index contributed by atoms with van der Waals surface area (Å²) in [5.41, 5.74) is 12.5. The van der Waals surface area contributed by atoms with E-state index < -0.39 is 0 Å². The number of carbonyl (C=O) groups is 2. The van der Waals surface area contributed by atoms with Crippen molar-refractivity contribution < 1.29 is 9.59 Å². The molecule has 3 aliphatic carbocycles. The third-order valence-electron chi connectivity index (χ3n) is 8.29. The van der Waals surface area contributed by atoms with E-state index in [4.69, 9.17) is 5.73 Å². The number of benzene rings is 1. The molecule has 1 spiro atoms. The molecule has 4 aliphatic rings. The number of hydrogen-bond acceptors (Lipinski definition) is 4. The summed E-state index contributed by atoms with van der Waals surface area (Å²) in [6.45, 7) is 5.44. The Bertz CT molecular complexity index is 1080. The molecule has 2 saturated carbocycles. The first-order valence-electron chi connectivity index (χ1n) is 12.9. The van der Waals surface area contributed by atoms with Crippen molar-refractivity contribution in [3.05, 3.63) is 64.3 Å². The van der Waals surface area contributed by atoms with Crippen LogP contribution in [0.15, 0.2) is 53.1 Å². The van der Waals surface area contributed by atoms with Gasteiger partial charge in [0.1, 0.15) is 0 Å². The van der Waals surface area contributed by atoms with E-state index >= 15 is 0 Å². The number of carbonyl (C=O) groups excluding carboxylic acids is 2. The standard InChI is InChI=1S/C29H37N3O2/c1-3-32(22-16-29(17-22)14-21(30)15-29)26-11-7-10-24-23(26)9-6-4-5-8-20-12-19(2)13-27(33)25(20)18-31-28(24)34/h4,6-7,10-12,21-22H,3,5,8-9,13-18,30H2,1-2H3,(H,31,34)/b6-4+. The lowest BCUT2D eigenvalue weighted by Gasteiger charge is -2.59. The Morgan fingerprint density at radius 2 is 1.94 bits per heavy atom. The Hall–Kier alpha value is -2.66. The van der Waals surface area contributed by atoms with Crippen LogP contribution in [0.1, 0.15) is 74.7 Å². The molecule has 1 aromatic carbocycles. The molecule has 34 heavy (non-hydrogen) atoms. The number of Topliss-reactive ketones (excluding diaryl/α,β-unsaturated/α-hetero) is 1. The monoisotopic (exact) mass is 459 g/mol. The van der Waals surface area contributed by atoms with E-state index in [0.29, 0.717) is 30.5 Å².